The summed E-state index contributed by atoms with van der Waals surface area (Å²) in [5.41, 5.74) is 3.60. The molecule has 1 aliphatic rings. The monoisotopic (exact) mass is 274 g/mol. The number of hydrogen-bond donors (Lipinski definition) is 0. The average Bonchev–Trinajstić information content (AvgIpc) is 3.10. The van der Waals surface area contributed by atoms with Crippen LogP contribution in [0.4, 0.5) is 5.69 Å². The second kappa shape index (κ2) is 5.31. The Labute approximate surface area is 117 Å². The number of anilines is 1. The fraction of sp³-hybridized carbons (Fsp3) is 0.400. The molecule has 3 rings (SSSR count). The zero-order valence-electron chi connectivity index (χ0n) is 11.3. The predicted molar refractivity (Wildman–Crippen MR) is 80.1 cm³/mol. The Morgan fingerprint density at radius 2 is 2.05 bits per heavy atom. The van der Waals surface area contributed by atoms with Gasteiger partial charge >= 0.3 is 0 Å². The van der Waals surface area contributed by atoms with Crippen LogP contribution in [-0.4, -0.2) is 32.3 Å². The van der Waals surface area contributed by atoms with Gasteiger partial charge in [-0.2, -0.15) is 0 Å². The van der Waals surface area contributed by atoms with Gasteiger partial charge in [0.15, 0.2) is 0 Å². The molecule has 100 valence electrons. The Bertz CT molecular complexity index is 542. The van der Waals surface area contributed by atoms with Crippen molar-refractivity contribution in [2.45, 2.75) is 12.3 Å². The largest absolute Gasteiger partial charge is 0.381 e. The first kappa shape index (κ1) is 12.6. The first-order chi connectivity index (χ1) is 9.24. The van der Waals surface area contributed by atoms with Gasteiger partial charge < -0.3 is 9.64 Å². The molecule has 19 heavy (non-hydrogen) atoms. The molecule has 1 aromatic carbocycles. The third-order valence-corrected chi connectivity index (χ3v) is 4.41. The summed E-state index contributed by atoms with van der Waals surface area (Å²) in [5.74, 6) is 0.492. The van der Waals surface area contributed by atoms with E-state index in [-0.39, 0.29) is 0 Å². The molecule has 0 spiro atoms. The zero-order chi connectivity index (χ0) is 13.2. The van der Waals surface area contributed by atoms with Gasteiger partial charge in [-0.05, 0) is 30.7 Å². The number of aromatic nitrogens is 1. The van der Waals surface area contributed by atoms with E-state index in [9.17, 15) is 0 Å². The summed E-state index contributed by atoms with van der Waals surface area (Å²) >= 11 is 1.72. The fourth-order valence-corrected chi connectivity index (χ4v) is 3.18. The van der Waals surface area contributed by atoms with Gasteiger partial charge in [-0.3, -0.25) is 0 Å². The quantitative estimate of drug-likeness (QED) is 0.858. The van der Waals surface area contributed by atoms with E-state index in [0.717, 1.165) is 24.6 Å². The highest BCUT2D eigenvalue weighted by molar-refractivity contribution is 7.13. The summed E-state index contributed by atoms with van der Waals surface area (Å²) in [6.07, 6.45) is 1.10. The Morgan fingerprint density at radius 3 is 2.68 bits per heavy atom. The Morgan fingerprint density at radius 1 is 1.26 bits per heavy atom. The van der Waals surface area contributed by atoms with Crippen molar-refractivity contribution in [3.8, 4) is 10.6 Å². The van der Waals surface area contributed by atoms with Crippen LogP contribution in [0.15, 0.2) is 29.6 Å². The topological polar surface area (TPSA) is 25.4 Å². The van der Waals surface area contributed by atoms with Gasteiger partial charge in [0.1, 0.15) is 5.01 Å². The minimum Gasteiger partial charge on any atom is -0.381 e. The van der Waals surface area contributed by atoms with Gasteiger partial charge in [0, 0.05) is 43.3 Å². The van der Waals surface area contributed by atoms with E-state index in [2.05, 4.69) is 48.6 Å². The van der Waals surface area contributed by atoms with Crippen LogP contribution in [0.5, 0.6) is 0 Å². The Balaban J connectivity index is 1.81. The molecule has 0 aliphatic carbocycles. The van der Waals surface area contributed by atoms with E-state index < -0.39 is 0 Å². The third kappa shape index (κ3) is 2.65. The minimum atomic E-state index is 0.492. The molecule has 1 saturated heterocycles. The SMILES string of the molecule is CN(C)c1ccc(-c2nc([C@H]3CCOC3)cs2)cc1. The molecule has 0 N–H and O–H groups in total. The lowest BCUT2D eigenvalue weighted by Gasteiger charge is -2.12. The summed E-state index contributed by atoms with van der Waals surface area (Å²) in [5, 5.41) is 3.28. The number of nitrogens with zero attached hydrogens (tertiary/aromatic N) is 2. The molecule has 0 saturated carbocycles. The molecule has 2 aromatic rings. The van der Waals surface area contributed by atoms with Crippen LogP contribution in [-0.2, 0) is 4.74 Å². The molecule has 1 fully saturated rings. The molecule has 3 nitrogen and oxygen atoms in total. The fourth-order valence-electron chi connectivity index (χ4n) is 2.28. The van der Waals surface area contributed by atoms with Crippen LogP contribution in [0.3, 0.4) is 0 Å². The molecule has 0 amide bonds. The molecule has 0 unspecified atom stereocenters. The second-order valence-corrected chi connectivity index (χ2v) is 5.94. The third-order valence-electron chi connectivity index (χ3n) is 3.50. The van der Waals surface area contributed by atoms with E-state index in [0.29, 0.717) is 5.92 Å². The first-order valence-corrected chi connectivity index (χ1v) is 7.43. The highest BCUT2D eigenvalue weighted by Gasteiger charge is 2.20. The maximum absolute atomic E-state index is 5.43. The average molecular weight is 274 g/mol. The number of ether oxygens (including phenoxy) is 1. The normalized spacial score (nSPS) is 18.7. The van der Waals surface area contributed by atoms with Gasteiger partial charge in [0.05, 0.1) is 12.3 Å². The van der Waals surface area contributed by atoms with E-state index in [1.807, 2.05) is 0 Å². The lowest BCUT2D eigenvalue weighted by molar-refractivity contribution is 0.193. The van der Waals surface area contributed by atoms with Crippen molar-refractivity contribution < 1.29 is 4.74 Å². The van der Waals surface area contributed by atoms with E-state index in [1.165, 1.54) is 16.9 Å². The molecule has 1 aliphatic heterocycles. The van der Waals surface area contributed by atoms with E-state index in [4.69, 9.17) is 9.72 Å². The number of hydrogen-bond acceptors (Lipinski definition) is 4. The molecule has 4 heteroatoms. The number of rotatable bonds is 3. The van der Waals surface area contributed by atoms with Gasteiger partial charge in [-0.15, -0.1) is 11.3 Å². The van der Waals surface area contributed by atoms with Crippen molar-refractivity contribution >= 4 is 17.0 Å². The van der Waals surface area contributed by atoms with Crippen LogP contribution in [0.1, 0.15) is 18.0 Å². The first-order valence-electron chi connectivity index (χ1n) is 6.55. The van der Waals surface area contributed by atoms with Crippen molar-refractivity contribution in [2.24, 2.45) is 0 Å². The molecular weight excluding hydrogens is 256 g/mol. The summed E-state index contributed by atoms with van der Waals surface area (Å²) in [6.45, 7) is 1.69. The smallest absolute Gasteiger partial charge is 0.123 e. The summed E-state index contributed by atoms with van der Waals surface area (Å²) in [6, 6.07) is 8.55. The molecular formula is C15H18N2OS. The summed E-state index contributed by atoms with van der Waals surface area (Å²) < 4.78 is 5.43. The highest BCUT2D eigenvalue weighted by Crippen LogP contribution is 2.31. The van der Waals surface area contributed by atoms with E-state index >= 15 is 0 Å². The molecule has 1 atom stereocenters. The van der Waals surface area contributed by atoms with Crippen LogP contribution in [0.25, 0.3) is 10.6 Å². The van der Waals surface area contributed by atoms with Gasteiger partial charge in [-0.25, -0.2) is 4.98 Å². The van der Waals surface area contributed by atoms with Crippen molar-refractivity contribution in [3.05, 3.63) is 35.3 Å². The van der Waals surface area contributed by atoms with Gasteiger partial charge in [0.25, 0.3) is 0 Å². The summed E-state index contributed by atoms with van der Waals surface area (Å²) in [4.78, 5) is 6.87. The maximum atomic E-state index is 5.43. The predicted octanol–water partition coefficient (Wildman–Crippen LogP) is 3.38. The van der Waals surface area contributed by atoms with Crippen molar-refractivity contribution in [3.63, 3.8) is 0 Å². The Kier molecular flexibility index (Phi) is 3.53. The van der Waals surface area contributed by atoms with Crippen molar-refractivity contribution in [1.82, 2.24) is 4.98 Å². The minimum absolute atomic E-state index is 0.492. The van der Waals surface area contributed by atoms with Crippen LogP contribution < -0.4 is 4.90 Å². The highest BCUT2D eigenvalue weighted by atomic mass is 32.1. The van der Waals surface area contributed by atoms with Crippen LogP contribution in [0, 0.1) is 0 Å². The zero-order valence-corrected chi connectivity index (χ0v) is 12.1. The molecule has 0 radical (unpaired) electrons. The number of thiazole rings is 1. The number of benzene rings is 1. The Hall–Kier alpha value is -1.39. The van der Waals surface area contributed by atoms with Gasteiger partial charge in [-0.1, -0.05) is 0 Å². The maximum Gasteiger partial charge on any atom is 0.123 e. The molecule has 2 heterocycles. The lowest BCUT2D eigenvalue weighted by atomic mass is 10.1. The molecule has 1 aromatic heterocycles. The van der Waals surface area contributed by atoms with Gasteiger partial charge in [0.2, 0.25) is 0 Å². The van der Waals surface area contributed by atoms with E-state index in [1.54, 1.807) is 11.3 Å². The van der Waals surface area contributed by atoms with Crippen LogP contribution >= 0.6 is 11.3 Å². The van der Waals surface area contributed by atoms with Crippen molar-refractivity contribution in [1.29, 1.82) is 0 Å². The lowest BCUT2D eigenvalue weighted by Crippen LogP contribution is -2.07. The molecule has 0 bridgehead atoms. The second-order valence-electron chi connectivity index (χ2n) is 5.08. The van der Waals surface area contributed by atoms with Crippen molar-refractivity contribution in [2.75, 3.05) is 32.2 Å². The summed E-state index contributed by atoms with van der Waals surface area (Å²) in [7, 11) is 4.10. The standard InChI is InChI=1S/C15H18N2OS/c1-17(2)13-5-3-11(4-6-13)15-16-14(10-19-15)12-7-8-18-9-12/h3-6,10,12H,7-9H2,1-2H3/t12-/m0/s1. The van der Waals surface area contributed by atoms with Crippen LogP contribution in [0.2, 0.25) is 0 Å².